The first kappa shape index (κ1) is 14.1. The molecular formula is C17H22N2O2. The van der Waals surface area contributed by atoms with Crippen LogP contribution in [-0.4, -0.2) is 32.2 Å². The highest BCUT2D eigenvalue weighted by molar-refractivity contribution is 5.93. The van der Waals surface area contributed by atoms with Crippen LogP contribution in [0.4, 0.5) is 11.4 Å². The number of morpholine rings is 1. The third-order valence-corrected chi connectivity index (χ3v) is 4.13. The molecular weight excluding hydrogens is 264 g/mol. The molecule has 0 radical (unpaired) electrons. The minimum Gasteiger partial charge on any atom is -0.378 e. The SMILES string of the molecule is O=C(Nc1cccc(N2CCOCC2)c1)C1CC=CCC1. The van der Waals surface area contributed by atoms with E-state index < -0.39 is 0 Å². The van der Waals surface area contributed by atoms with Crippen LogP contribution in [0.15, 0.2) is 36.4 Å². The monoisotopic (exact) mass is 286 g/mol. The highest BCUT2D eigenvalue weighted by atomic mass is 16.5. The topological polar surface area (TPSA) is 41.6 Å². The van der Waals surface area contributed by atoms with Gasteiger partial charge in [-0.2, -0.15) is 0 Å². The molecule has 21 heavy (non-hydrogen) atoms. The Labute approximate surface area is 125 Å². The molecule has 1 atom stereocenters. The van der Waals surface area contributed by atoms with Crippen molar-refractivity contribution >= 4 is 17.3 Å². The quantitative estimate of drug-likeness (QED) is 0.869. The van der Waals surface area contributed by atoms with Gasteiger partial charge in [-0.05, 0) is 37.5 Å². The molecule has 0 aromatic heterocycles. The van der Waals surface area contributed by atoms with E-state index in [1.807, 2.05) is 12.1 Å². The maximum absolute atomic E-state index is 12.3. The molecule has 1 N–H and O–H groups in total. The summed E-state index contributed by atoms with van der Waals surface area (Å²) in [7, 11) is 0. The summed E-state index contributed by atoms with van der Waals surface area (Å²) >= 11 is 0. The number of hydrogen-bond acceptors (Lipinski definition) is 3. The smallest absolute Gasteiger partial charge is 0.227 e. The van der Waals surface area contributed by atoms with Crippen molar-refractivity contribution in [2.45, 2.75) is 19.3 Å². The lowest BCUT2D eigenvalue weighted by atomic mass is 9.93. The molecule has 1 saturated heterocycles. The van der Waals surface area contributed by atoms with Crippen LogP contribution in [0.25, 0.3) is 0 Å². The Balaban J connectivity index is 1.65. The van der Waals surface area contributed by atoms with E-state index in [1.54, 1.807) is 0 Å². The number of anilines is 2. The number of amides is 1. The maximum atomic E-state index is 12.3. The van der Waals surface area contributed by atoms with Gasteiger partial charge in [0.15, 0.2) is 0 Å². The Morgan fingerprint density at radius 2 is 2.10 bits per heavy atom. The first-order valence-corrected chi connectivity index (χ1v) is 7.71. The van der Waals surface area contributed by atoms with E-state index in [0.717, 1.165) is 56.9 Å². The van der Waals surface area contributed by atoms with Gasteiger partial charge in [0.2, 0.25) is 5.91 Å². The molecule has 0 bridgehead atoms. The van der Waals surface area contributed by atoms with Gasteiger partial charge in [-0.25, -0.2) is 0 Å². The predicted molar refractivity (Wildman–Crippen MR) is 84.6 cm³/mol. The largest absolute Gasteiger partial charge is 0.378 e. The fraction of sp³-hybridized carbons (Fsp3) is 0.471. The van der Waals surface area contributed by atoms with E-state index in [2.05, 4.69) is 34.5 Å². The number of carbonyl (C=O) groups excluding carboxylic acids is 1. The fourth-order valence-electron chi connectivity index (χ4n) is 2.88. The zero-order chi connectivity index (χ0) is 14.5. The van der Waals surface area contributed by atoms with E-state index in [4.69, 9.17) is 4.74 Å². The third-order valence-electron chi connectivity index (χ3n) is 4.13. The van der Waals surface area contributed by atoms with Gasteiger partial charge in [0.05, 0.1) is 13.2 Å². The Hall–Kier alpha value is -1.81. The van der Waals surface area contributed by atoms with Gasteiger partial charge in [-0.3, -0.25) is 4.79 Å². The molecule has 2 aliphatic rings. The Morgan fingerprint density at radius 3 is 2.86 bits per heavy atom. The van der Waals surface area contributed by atoms with E-state index in [0.29, 0.717) is 0 Å². The maximum Gasteiger partial charge on any atom is 0.227 e. The average Bonchev–Trinajstić information content (AvgIpc) is 2.57. The number of hydrogen-bond donors (Lipinski definition) is 1. The van der Waals surface area contributed by atoms with Crippen LogP contribution < -0.4 is 10.2 Å². The second kappa shape index (κ2) is 6.76. The van der Waals surface area contributed by atoms with Gasteiger partial charge in [-0.15, -0.1) is 0 Å². The summed E-state index contributed by atoms with van der Waals surface area (Å²) in [6.07, 6.45) is 7.08. The molecule has 1 fully saturated rings. The molecule has 1 aliphatic carbocycles. The molecule has 1 aromatic rings. The molecule has 4 nitrogen and oxygen atoms in total. The molecule has 3 rings (SSSR count). The summed E-state index contributed by atoms with van der Waals surface area (Å²) in [5.41, 5.74) is 2.04. The summed E-state index contributed by atoms with van der Waals surface area (Å²) in [6, 6.07) is 8.11. The van der Waals surface area contributed by atoms with E-state index >= 15 is 0 Å². The van der Waals surface area contributed by atoms with Gasteiger partial charge in [0.1, 0.15) is 0 Å². The number of nitrogens with one attached hydrogen (secondary N) is 1. The predicted octanol–water partition coefficient (Wildman–Crippen LogP) is 2.82. The second-order valence-corrected chi connectivity index (χ2v) is 5.62. The molecule has 1 unspecified atom stereocenters. The molecule has 1 amide bonds. The number of ether oxygens (including phenoxy) is 1. The molecule has 112 valence electrons. The Morgan fingerprint density at radius 1 is 1.24 bits per heavy atom. The Kier molecular flexibility index (Phi) is 4.55. The van der Waals surface area contributed by atoms with Gasteiger partial charge >= 0.3 is 0 Å². The van der Waals surface area contributed by atoms with Crippen molar-refractivity contribution in [2.24, 2.45) is 5.92 Å². The minimum atomic E-state index is 0.113. The van der Waals surface area contributed by atoms with Crippen molar-refractivity contribution < 1.29 is 9.53 Å². The van der Waals surface area contributed by atoms with Gasteiger partial charge in [-0.1, -0.05) is 18.2 Å². The number of benzene rings is 1. The van der Waals surface area contributed by atoms with Crippen LogP contribution in [0.2, 0.25) is 0 Å². The highest BCUT2D eigenvalue weighted by Gasteiger charge is 2.19. The van der Waals surface area contributed by atoms with Crippen LogP contribution in [0, 0.1) is 5.92 Å². The number of carbonyl (C=O) groups is 1. The van der Waals surface area contributed by atoms with Crippen LogP contribution >= 0.6 is 0 Å². The average molecular weight is 286 g/mol. The molecule has 4 heteroatoms. The summed E-state index contributed by atoms with van der Waals surface area (Å²) in [6.45, 7) is 3.35. The molecule has 0 saturated carbocycles. The van der Waals surface area contributed by atoms with Gasteiger partial charge < -0.3 is 15.0 Å². The van der Waals surface area contributed by atoms with E-state index in [-0.39, 0.29) is 11.8 Å². The van der Waals surface area contributed by atoms with Crippen LogP contribution in [0.1, 0.15) is 19.3 Å². The van der Waals surface area contributed by atoms with Crippen molar-refractivity contribution in [1.82, 2.24) is 0 Å². The number of allylic oxidation sites excluding steroid dienone is 2. The summed E-state index contributed by atoms with van der Waals surface area (Å²) in [5.74, 6) is 0.250. The van der Waals surface area contributed by atoms with Crippen LogP contribution in [-0.2, 0) is 9.53 Å². The highest BCUT2D eigenvalue weighted by Crippen LogP contribution is 2.23. The van der Waals surface area contributed by atoms with Crippen molar-refractivity contribution in [3.8, 4) is 0 Å². The molecule has 1 aromatic carbocycles. The van der Waals surface area contributed by atoms with Crippen molar-refractivity contribution in [3.63, 3.8) is 0 Å². The lowest BCUT2D eigenvalue weighted by molar-refractivity contribution is -0.120. The van der Waals surface area contributed by atoms with Crippen LogP contribution in [0.3, 0.4) is 0 Å². The van der Waals surface area contributed by atoms with Gasteiger partial charge in [0.25, 0.3) is 0 Å². The standard InChI is InChI=1S/C17H22N2O2/c20-17(14-5-2-1-3-6-14)18-15-7-4-8-16(13-15)19-9-11-21-12-10-19/h1-2,4,7-8,13-14H,3,5-6,9-12H2,(H,18,20). The summed E-state index contributed by atoms with van der Waals surface area (Å²) in [5, 5.41) is 3.06. The lowest BCUT2D eigenvalue weighted by Crippen LogP contribution is -2.36. The van der Waals surface area contributed by atoms with Crippen molar-refractivity contribution in [2.75, 3.05) is 36.5 Å². The lowest BCUT2D eigenvalue weighted by Gasteiger charge is -2.29. The normalized spacial score (nSPS) is 22.1. The summed E-state index contributed by atoms with van der Waals surface area (Å²) in [4.78, 5) is 14.6. The van der Waals surface area contributed by atoms with E-state index in [9.17, 15) is 4.79 Å². The van der Waals surface area contributed by atoms with Gasteiger partial charge in [0, 0.05) is 30.4 Å². The zero-order valence-electron chi connectivity index (χ0n) is 12.3. The van der Waals surface area contributed by atoms with Crippen molar-refractivity contribution in [3.05, 3.63) is 36.4 Å². The molecule has 1 heterocycles. The number of nitrogens with zero attached hydrogens (tertiary/aromatic N) is 1. The Bertz CT molecular complexity index is 521. The van der Waals surface area contributed by atoms with E-state index in [1.165, 1.54) is 0 Å². The second-order valence-electron chi connectivity index (χ2n) is 5.62. The molecule has 0 spiro atoms. The fourth-order valence-corrected chi connectivity index (χ4v) is 2.88. The zero-order valence-corrected chi connectivity index (χ0v) is 12.3. The third kappa shape index (κ3) is 3.64. The minimum absolute atomic E-state index is 0.113. The summed E-state index contributed by atoms with van der Waals surface area (Å²) < 4.78 is 5.38. The first-order valence-electron chi connectivity index (χ1n) is 7.71. The molecule has 1 aliphatic heterocycles. The van der Waals surface area contributed by atoms with Crippen LogP contribution in [0.5, 0.6) is 0 Å². The number of rotatable bonds is 3. The van der Waals surface area contributed by atoms with Crippen molar-refractivity contribution in [1.29, 1.82) is 0 Å². The first-order chi connectivity index (χ1) is 10.3.